The van der Waals surface area contributed by atoms with Gasteiger partial charge in [0, 0.05) is 17.8 Å². The molecule has 1 aromatic heterocycles. The molecule has 0 bridgehead atoms. The van der Waals surface area contributed by atoms with Gasteiger partial charge in [-0.05, 0) is 26.0 Å². The molecule has 1 amide bonds. The molecular weight excluding hydrogens is 236 g/mol. The van der Waals surface area contributed by atoms with E-state index >= 15 is 0 Å². The first-order chi connectivity index (χ1) is 7.91. The highest BCUT2D eigenvalue weighted by Crippen LogP contribution is 2.14. The molecule has 0 radical (unpaired) electrons. The van der Waals surface area contributed by atoms with Crippen LogP contribution in [0.5, 0.6) is 0 Å². The third-order valence-corrected chi connectivity index (χ3v) is 2.51. The van der Waals surface area contributed by atoms with Gasteiger partial charge in [0.15, 0.2) is 0 Å². The summed E-state index contributed by atoms with van der Waals surface area (Å²) in [4.78, 5) is 17.3. The first-order valence-electron chi connectivity index (χ1n) is 5.22. The SMILES string of the molecule is CC(C)N(CC(N)=O)c1ccc(C(N)=S)cn1. The minimum absolute atomic E-state index is 0.130. The highest BCUT2D eigenvalue weighted by atomic mass is 32.1. The largest absolute Gasteiger partial charge is 0.389 e. The summed E-state index contributed by atoms with van der Waals surface area (Å²) < 4.78 is 0. The molecule has 0 atom stereocenters. The maximum Gasteiger partial charge on any atom is 0.237 e. The summed E-state index contributed by atoms with van der Waals surface area (Å²) in [5.41, 5.74) is 11.4. The topological polar surface area (TPSA) is 85.2 Å². The van der Waals surface area contributed by atoms with E-state index in [1.165, 1.54) is 0 Å². The maximum absolute atomic E-state index is 11.0. The van der Waals surface area contributed by atoms with Crippen LogP contribution in [0.4, 0.5) is 5.82 Å². The van der Waals surface area contributed by atoms with Gasteiger partial charge in [-0.2, -0.15) is 0 Å². The Hall–Kier alpha value is -1.69. The second-order valence-corrected chi connectivity index (χ2v) is 4.40. The second kappa shape index (κ2) is 5.58. The fourth-order valence-electron chi connectivity index (χ4n) is 1.40. The summed E-state index contributed by atoms with van der Waals surface area (Å²) in [5.74, 6) is 0.290. The first-order valence-corrected chi connectivity index (χ1v) is 5.63. The molecule has 92 valence electrons. The van der Waals surface area contributed by atoms with Crippen LogP contribution in [-0.4, -0.2) is 28.5 Å². The average Bonchev–Trinajstić information content (AvgIpc) is 2.25. The van der Waals surface area contributed by atoms with Crippen LogP contribution >= 0.6 is 12.2 Å². The number of primary amides is 1. The molecule has 17 heavy (non-hydrogen) atoms. The molecule has 0 saturated heterocycles. The lowest BCUT2D eigenvalue weighted by atomic mass is 10.2. The molecule has 0 fully saturated rings. The van der Waals surface area contributed by atoms with Gasteiger partial charge in [-0.25, -0.2) is 4.98 Å². The Morgan fingerprint density at radius 2 is 2.12 bits per heavy atom. The van der Waals surface area contributed by atoms with Crippen molar-refractivity contribution in [3.63, 3.8) is 0 Å². The molecule has 0 saturated carbocycles. The normalized spacial score (nSPS) is 10.3. The molecule has 0 aliphatic rings. The number of nitrogens with zero attached hydrogens (tertiary/aromatic N) is 2. The van der Waals surface area contributed by atoms with E-state index in [2.05, 4.69) is 4.98 Å². The predicted molar refractivity (Wildman–Crippen MR) is 71.8 cm³/mol. The van der Waals surface area contributed by atoms with E-state index in [0.29, 0.717) is 16.4 Å². The van der Waals surface area contributed by atoms with E-state index in [9.17, 15) is 4.79 Å². The number of carbonyl (C=O) groups excluding carboxylic acids is 1. The van der Waals surface area contributed by atoms with Gasteiger partial charge in [0.1, 0.15) is 10.8 Å². The molecule has 0 spiro atoms. The van der Waals surface area contributed by atoms with E-state index < -0.39 is 0 Å². The zero-order valence-electron chi connectivity index (χ0n) is 9.88. The van der Waals surface area contributed by atoms with E-state index in [4.69, 9.17) is 23.7 Å². The fraction of sp³-hybridized carbons (Fsp3) is 0.364. The summed E-state index contributed by atoms with van der Waals surface area (Å²) in [6.45, 7) is 4.06. The summed E-state index contributed by atoms with van der Waals surface area (Å²) in [6.07, 6.45) is 1.59. The van der Waals surface area contributed by atoms with E-state index in [1.807, 2.05) is 18.7 Å². The Labute approximate surface area is 106 Å². The highest BCUT2D eigenvalue weighted by molar-refractivity contribution is 7.80. The average molecular weight is 252 g/mol. The van der Waals surface area contributed by atoms with Crippen LogP contribution in [0, 0.1) is 0 Å². The van der Waals surface area contributed by atoms with Crippen LogP contribution in [0.1, 0.15) is 19.4 Å². The molecule has 0 unspecified atom stereocenters. The minimum atomic E-state index is -0.390. The molecule has 0 aromatic carbocycles. The zero-order valence-corrected chi connectivity index (χ0v) is 10.7. The molecule has 1 rings (SSSR count). The Kier molecular flexibility index (Phi) is 4.39. The van der Waals surface area contributed by atoms with Crippen molar-refractivity contribution in [1.82, 2.24) is 4.98 Å². The Morgan fingerprint density at radius 3 is 2.47 bits per heavy atom. The lowest BCUT2D eigenvalue weighted by Crippen LogP contribution is -2.39. The Morgan fingerprint density at radius 1 is 1.47 bits per heavy atom. The zero-order chi connectivity index (χ0) is 13.0. The number of amides is 1. The van der Waals surface area contributed by atoms with Gasteiger partial charge in [0.2, 0.25) is 5.91 Å². The van der Waals surface area contributed by atoms with Crippen molar-refractivity contribution in [2.24, 2.45) is 11.5 Å². The monoisotopic (exact) mass is 252 g/mol. The molecule has 1 heterocycles. The number of anilines is 1. The number of rotatable bonds is 5. The standard InChI is InChI=1S/C11H16N4OS/c1-7(2)15(6-9(12)16)10-4-3-8(5-14-10)11(13)17/h3-5,7H,6H2,1-2H3,(H2,12,16)(H2,13,17). The number of pyridine rings is 1. The maximum atomic E-state index is 11.0. The highest BCUT2D eigenvalue weighted by Gasteiger charge is 2.14. The van der Waals surface area contributed by atoms with Gasteiger partial charge in [0.05, 0.1) is 6.54 Å². The molecule has 6 heteroatoms. The van der Waals surface area contributed by atoms with E-state index in [-0.39, 0.29) is 18.5 Å². The van der Waals surface area contributed by atoms with Crippen LogP contribution in [0.2, 0.25) is 0 Å². The van der Waals surface area contributed by atoms with Crippen molar-refractivity contribution < 1.29 is 4.79 Å². The number of thiocarbonyl (C=S) groups is 1. The number of carbonyl (C=O) groups is 1. The molecule has 0 aliphatic carbocycles. The Bertz CT molecular complexity index is 416. The lowest BCUT2D eigenvalue weighted by molar-refractivity contribution is -0.116. The van der Waals surface area contributed by atoms with Gasteiger partial charge in [-0.15, -0.1) is 0 Å². The summed E-state index contributed by atoms with van der Waals surface area (Å²) in [6, 6.07) is 3.68. The molecule has 1 aromatic rings. The molecular formula is C11H16N4OS. The van der Waals surface area contributed by atoms with Crippen molar-refractivity contribution in [3.05, 3.63) is 23.9 Å². The van der Waals surface area contributed by atoms with Gasteiger partial charge >= 0.3 is 0 Å². The van der Waals surface area contributed by atoms with Crippen LogP contribution in [-0.2, 0) is 4.79 Å². The van der Waals surface area contributed by atoms with Crippen molar-refractivity contribution in [2.45, 2.75) is 19.9 Å². The van der Waals surface area contributed by atoms with E-state index in [0.717, 1.165) is 0 Å². The molecule has 0 aliphatic heterocycles. The van der Waals surface area contributed by atoms with Crippen molar-refractivity contribution in [1.29, 1.82) is 0 Å². The van der Waals surface area contributed by atoms with Gasteiger partial charge in [-0.3, -0.25) is 4.79 Å². The summed E-state index contributed by atoms with van der Waals surface area (Å²) in [7, 11) is 0. The quantitative estimate of drug-likeness (QED) is 0.742. The van der Waals surface area contributed by atoms with Crippen LogP contribution < -0.4 is 16.4 Å². The molecule has 4 N–H and O–H groups in total. The van der Waals surface area contributed by atoms with E-state index in [1.54, 1.807) is 18.3 Å². The first kappa shape index (κ1) is 13.4. The summed E-state index contributed by atoms with van der Waals surface area (Å²) >= 11 is 4.84. The third kappa shape index (κ3) is 3.67. The smallest absolute Gasteiger partial charge is 0.237 e. The predicted octanol–water partition coefficient (Wildman–Crippen LogP) is 0.416. The third-order valence-electron chi connectivity index (χ3n) is 2.28. The minimum Gasteiger partial charge on any atom is -0.389 e. The Balaban J connectivity index is 2.95. The second-order valence-electron chi connectivity index (χ2n) is 3.96. The van der Waals surface area contributed by atoms with Crippen LogP contribution in [0.15, 0.2) is 18.3 Å². The fourth-order valence-corrected chi connectivity index (χ4v) is 1.52. The number of aromatic nitrogens is 1. The van der Waals surface area contributed by atoms with Crippen molar-refractivity contribution in [2.75, 3.05) is 11.4 Å². The number of hydrogen-bond donors (Lipinski definition) is 2. The van der Waals surface area contributed by atoms with Crippen molar-refractivity contribution >= 4 is 28.9 Å². The van der Waals surface area contributed by atoms with Crippen molar-refractivity contribution in [3.8, 4) is 0 Å². The summed E-state index contributed by atoms with van der Waals surface area (Å²) in [5, 5.41) is 0. The number of nitrogens with two attached hydrogens (primary N) is 2. The lowest BCUT2D eigenvalue weighted by Gasteiger charge is -2.26. The van der Waals surface area contributed by atoms with Crippen LogP contribution in [0.3, 0.4) is 0 Å². The van der Waals surface area contributed by atoms with Crippen LogP contribution in [0.25, 0.3) is 0 Å². The van der Waals surface area contributed by atoms with Gasteiger partial charge in [-0.1, -0.05) is 12.2 Å². The van der Waals surface area contributed by atoms with Gasteiger partial charge in [0.25, 0.3) is 0 Å². The molecule has 5 nitrogen and oxygen atoms in total. The number of hydrogen-bond acceptors (Lipinski definition) is 4. The van der Waals surface area contributed by atoms with Gasteiger partial charge < -0.3 is 16.4 Å².